The highest BCUT2D eigenvalue weighted by molar-refractivity contribution is 5.89. The van der Waals surface area contributed by atoms with Crippen molar-refractivity contribution >= 4 is 5.97 Å². The summed E-state index contributed by atoms with van der Waals surface area (Å²) in [6.07, 6.45) is 0.194. The quantitative estimate of drug-likeness (QED) is 0.744. The molecule has 2 aliphatic rings. The largest absolute Gasteiger partial charge is 0.465 e. The first kappa shape index (κ1) is 10.7. The number of carbonyl (C=O) groups excluding carboxylic acids is 1. The highest BCUT2D eigenvalue weighted by Crippen LogP contribution is 2.60. The summed E-state index contributed by atoms with van der Waals surface area (Å²) in [5.74, 6) is 0.515. The molecule has 2 fully saturated rings. The molecule has 1 saturated carbocycles. The van der Waals surface area contributed by atoms with Crippen LogP contribution in [0.2, 0.25) is 0 Å². The summed E-state index contributed by atoms with van der Waals surface area (Å²) in [7, 11) is 3.04. The Morgan fingerprint density at radius 2 is 2.18 bits per heavy atom. The lowest BCUT2D eigenvalue weighted by molar-refractivity contribution is -0.207. The molecule has 90 valence electrons. The van der Waals surface area contributed by atoms with Crippen LogP contribution in [0.4, 0.5) is 0 Å². The number of rotatable bonds is 3. The fraction of sp³-hybridized carbons (Fsp3) is 0.462. The number of esters is 1. The van der Waals surface area contributed by atoms with E-state index in [0.717, 1.165) is 5.56 Å². The van der Waals surface area contributed by atoms with Gasteiger partial charge in [0.1, 0.15) is 0 Å². The van der Waals surface area contributed by atoms with Crippen LogP contribution in [0.3, 0.4) is 0 Å². The number of methoxy groups -OCH3 is 2. The molecule has 17 heavy (non-hydrogen) atoms. The number of fused-ring (bicyclic) bond motifs is 1. The molecule has 1 saturated heterocycles. The maximum Gasteiger partial charge on any atom is 0.337 e. The van der Waals surface area contributed by atoms with Crippen molar-refractivity contribution in [1.29, 1.82) is 0 Å². The third-order valence-electron chi connectivity index (χ3n) is 3.54. The Hall–Kier alpha value is -1.39. The summed E-state index contributed by atoms with van der Waals surface area (Å²) in [5.41, 5.74) is 1.72. The van der Waals surface area contributed by atoms with Gasteiger partial charge < -0.3 is 14.2 Å². The van der Waals surface area contributed by atoms with E-state index in [0.29, 0.717) is 17.4 Å². The normalized spacial score (nSPS) is 33.5. The lowest BCUT2D eigenvalue weighted by Gasteiger charge is -2.22. The first-order chi connectivity index (χ1) is 8.26. The van der Waals surface area contributed by atoms with Crippen molar-refractivity contribution in [2.24, 2.45) is 5.92 Å². The maximum absolute atomic E-state index is 11.4. The smallest absolute Gasteiger partial charge is 0.337 e. The molecule has 0 bridgehead atoms. The van der Waals surface area contributed by atoms with Crippen LogP contribution in [0.25, 0.3) is 0 Å². The Morgan fingerprint density at radius 1 is 1.35 bits per heavy atom. The zero-order valence-electron chi connectivity index (χ0n) is 9.75. The van der Waals surface area contributed by atoms with Gasteiger partial charge in [-0.15, -0.1) is 0 Å². The van der Waals surface area contributed by atoms with E-state index >= 15 is 0 Å². The molecule has 1 aromatic rings. The van der Waals surface area contributed by atoms with Crippen molar-refractivity contribution in [2.75, 3.05) is 14.2 Å². The minimum atomic E-state index is -0.302. The monoisotopic (exact) mass is 234 g/mol. The SMILES string of the molecule is COC(=O)c1cccc(C2C3OC(OC)C32)c1. The van der Waals surface area contributed by atoms with Gasteiger partial charge in [0.25, 0.3) is 0 Å². The van der Waals surface area contributed by atoms with Gasteiger partial charge >= 0.3 is 5.97 Å². The zero-order chi connectivity index (χ0) is 12.0. The van der Waals surface area contributed by atoms with Gasteiger partial charge in [-0.25, -0.2) is 4.79 Å². The molecule has 0 spiro atoms. The van der Waals surface area contributed by atoms with Crippen molar-refractivity contribution in [3.05, 3.63) is 35.4 Å². The van der Waals surface area contributed by atoms with Gasteiger partial charge in [-0.05, 0) is 17.7 Å². The molecule has 3 rings (SSSR count). The average molecular weight is 234 g/mol. The summed E-state index contributed by atoms with van der Waals surface area (Å²) in [6.45, 7) is 0. The number of carbonyl (C=O) groups is 1. The van der Waals surface area contributed by atoms with Gasteiger partial charge in [0, 0.05) is 18.9 Å². The molecule has 0 N–H and O–H groups in total. The van der Waals surface area contributed by atoms with Crippen LogP contribution in [0, 0.1) is 5.92 Å². The second kappa shape index (κ2) is 3.82. The van der Waals surface area contributed by atoms with E-state index < -0.39 is 0 Å². The molecule has 1 heterocycles. The van der Waals surface area contributed by atoms with Crippen LogP contribution in [-0.4, -0.2) is 32.6 Å². The Kier molecular flexibility index (Phi) is 2.42. The third kappa shape index (κ3) is 1.56. The summed E-state index contributed by atoms with van der Waals surface area (Å²) in [6, 6.07) is 7.53. The van der Waals surface area contributed by atoms with Gasteiger partial charge in [-0.1, -0.05) is 12.1 Å². The topological polar surface area (TPSA) is 44.8 Å². The van der Waals surface area contributed by atoms with E-state index in [1.54, 1.807) is 13.2 Å². The van der Waals surface area contributed by atoms with Crippen LogP contribution >= 0.6 is 0 Å². The lowest BCUT2D eigenvalue weighted by atomic mass is 10.1. The molecular formula is C13H14O4. The first-order valence-electron chi connectivity index (χ1n) is 5.63. The van der Waals surface area contributed by atoms with E-state index in [1.165, 1.54) is 7.11 Å². The Labute approximate surface area is 99.5 Å². The van der Waals surface area contributed by atoms with E-state index in [2.05, 4.69) is 0 Å². The fourth-order valence-corrected chi connectivity index (χ4v) is 2.58. The van der Waals surface area contributed by atoms with Gasteiger partial charge in [-0.3, -0.25) is 0 Å². The molecule has 4 unspecified atom stereocenters. The van der Waals surface area contributed by atoms with Gasteiger partial charge in [0.05, 0.1) is 18.8 Å². The summed E-state index contributed by atoms with van der Waals surface area (Å²) in [5, 5.41) is 0. The minimum absolute atomic E-state index is 0.0771. The average Bonchev–Trinajstić information content (AvgIpc) is 2.94. The number of hydrogen-bond acceptors (Lipinski definition) is 4. The number of hydrogen-bond donors (Lipinski definition) is 0. The van der Waals surface area contributed by atoms with Crippen molar-refractivity contribution < 1.29 is 19.0 Å². The highest BCUT2D eigenvalue weighted by atomic mass is 16.7. The first-order valence-corrected chi connectivity index (χ1v) is 5.63. The Balaban J connectivity index is 1.79. The fourth-order valence-electron chi connectivity index (χ4n) is 2.58. The second-order valence-electron chi connectivity index (χ2n) is 4.42. The van der Waals surface area contributed by atoms with Crippen molar-refractivity contribution in [2.45, 2.75) is 18.3 Å². The highest BCUT2D eigenvalue weighted by Gasteiger charge is 2.66. The summed E-state index contributed by atoms with van der Waals surface area (Å²) >= 11 is 0. The molecule has 4 atom stereocenters. The van der Waals surface area contributed by atoms with Gasteiger partial charge in [0.15, 0.2) is 6.29 Å². The molecule has 0 amide bonds. The molecule has 1 aliphatic carbocycles. The van der Waals surface area contributed by atoms with E-state index in [1.807, 2.05) is 18.2 Å². The predicted molar refractivity (Wildman–Crippen MR) is 59.7 cm³/mol. The van der Waals surface area contributed by atoms with E-state index in [-0.39, 0.29) is 18.4 Å². The third-order valence-corrected chi connectivity index (χ3v) is 3.54. The zero-order valence-corrected chi connectivity index (χ0v) is 9.75. The number of ether oxygens (including phenoxy) is 3. The molecule has 0 aromatic heterocycles. The predicted octanol–water partition coefficient (Wildman–Crippen LogP) is 1.56. The molecule has 1 aromatic carbocycles. The van der Waals surface area contributed by atoms with Crippen LogP contribution < -0.4 is 0 Å². The lowest BCUT2D eigenvalue weighted by Crippen LogP contribution is -2.30. The molecule has 1 aliphatic heterocycles. The Bertz CT molecular complexity index is 456. The van der Waals surface area contributed by atoms with Gasteiger partial charge in [0.2, 0.25) is 0 Å². The van der Waals surface area contributed by atoms with Crippen molar-refractivity contribution in [3.63, 3.8) is 0 Å². The van der Waals surface area contributed by atoms with Crippen molar-refractivity contribution in [3.8, 4) is 0 Å². The van der Waals surface area contributed by atoms with Crippen molar-refractivity contribution in [1.82, 2.24) is 0 Å². The summed E-state index contributed by atoms with van der Waals surface area (Å²) in [4.78, 5) is 11.4. The maximum atomic E-state index is 11.4. The standard InChI is InChI=1S/C13H14O4/c1-15-12(14)8-5-3-4-7(6-8)9-10-11(9)17-13(10)16-2/h3-6,9-11,13H,1-2H3. The summed E-state index contributed by atoms with van der Waals surface area (Å²) < 4.78 is 15.4. The molecule has 0 radical (unpaired) electrons. The molecule has 4 nitrogen and oxygen atoms in total. The van der Waals surface area contributed by atoms with Crippen LogP contribution in [0.5, 0.6) is 0 Å². The minimum Gasteiger partial charge on any atom is -0.465 e. The Morgan fingerprint density at radius 3 is 2.82 bits per heavy atom. The van der Waals surface area contributed by atoms with Crippen LogP contribution in [0.15, 0.2) is 24.3 Å². The van der Waals surface area contributed by atoms with Crippen LogP contribution in [0.1, 0.15) is 21.8 Å². The van der Waals surface area contributed by atoms with E-state index in [4.69, 9.17) is 14.2 Å². The van der Waals surface area contributed by atoms with Gasteiger partial charge in [-0.2, -0.15) is 0 Å². The van der Waals surface area contributed by atoms with E-state index in [9.17, 15) is 4.79 Å². The molecular weight excluding hydrogens is 220 g/mol. The number of benzene rings is 1. The molecule has 4 heteroatoms. The van der Waals surface area contributed by atoms with Crippen LogP contribution in [-0.2, 0) is 14.2 Å². The second-order valence-corrected chi connectivity index (χ2v) is 4.42.